The first-order valence-corrected chi connectivity index (χ1v) is 8.78. The molecule has 0 spiro atoms. The van der Waals surface area contributed by atoms with Gasteiger partial charge in [0.05, 0.1) is 0 Å². The summed E-state index contributed by atoms with van der Waals surface area (Å²) in [5.74, 6) is -0.0164. The zero-order chi connectivity index (χ0) is 18.3. The van der Waals surface area contributed by atoms with Crippen molar-refractivity contribution in [2.24, 2.45) is 0 Å². The molecule has 0 saturated carbocycles. The number of halogens is 1. The van der Waals surface area contributed by atoms with Crippen LogP contribution in [-0.2, 0) is 0 Å². The summed E-state index contributed by atoms with van der Waals surface area (Å²) < 4.78 is 13.4. The number of hydrogen-bond acceptors (Lipinski definition) is 2. The van der Waals surface area contributed by atoms with Gasteiger partial charge >= 0.3 is 0 Å². The highest BCUT2D eigenvalue weighted by molar-refractivity contribution is 5.94. The summed E-state index contributed by atoms with van der Waals surface area (Å²) in [5.41, 5.74) is 2.85. The molecule has 0 unspecified atom stereocenters. The van der Waals surface area contributed by atoms with Gasteiger partial charge in [0, 0.05) is 47.5 Å². The number of carbonyl (C=O) groups is 1. The van der Waals surface area contributed by atoms with E-state index in [4.69, 9.17) is 0 Å². The molecule has 1 aliphatic heterocycles. The molecule has 1 fully saturated rings. The van der Waals surface area contributed by atoms with Gasteiger partial charge in [-0.15, -0.1) is 0 Å². The average Bonchev–Trinajstić information content (AvgIpc) is 3.03. The van der Waals surface area contributed by atoms with Gasteiger partial charge < -0.3 is 14.9 Å². The first kappa shape index (κ1) is 16.6. The summed E-state index contributed by atoms with van der Waals surface area (Å²) in [7, 11) is 0. The van der Waals surface area contributed by atoms with Crippen LogP contribution in [-0.4, -0.2) is 33.9 Å². The van der Waals surface area contributed by atoms with Crippen molar-refractivity contribution >= 4 is 16.8 Å². The molecule has 2 N–H and O–H groups in total. The van der Waals surface area contributed by atoms with Crippen LogP contribution in [0.25, 0.3) is 10.9 Å². The Kier molecular flexibility index (Phi) is 4.11. The van der Waals surface area contributed by atoms with Gasteiger partial charge in [-0.3, -0.25) is 9.59 Å². The highest BCUT2D eigenvalue weighted by Gasteiger charge is 2.26. The topological polar surface area (TPSA) is 69.0 Å². The van der Waals surface area contributed by atoms with Gasteiger partial charge in [0.1, 0.15) is 5.82 Å². The Morgan fingerprint density at radius 1 is 1.19 bits per heavy atom. The van der Waals surface area contributed by atoms with E-state index in [1.165, 1.54) is 23.8 Å². The Bertz CT molecular complexity index is 1030. The molecule has 26 heavy (non-hydrogen) atoms. The predicted octanol–water partition coefficient (Wildman–Crippen LogP) is 3.32. The third-order valence-electron chi connectivity index (χ3n) is 5.12. The van der Waals surface area contributed by atoms with Gasteiger partial charge in [0.2, 0.25) is 5.56 Å². The molecule has 3 aromatic rings. The average molecular weight is 353 g/mol. The summed E-state index contributed by atoms with van der Waals surface area (Å²) >= 11 is 0. The Morgan fingerprint density at radius 3 is 2.69 bits per heavy atom. The molecule has 3 heterocycles. The van der Waals surface area contributed by atoms with Gasteiger partial charge in [0.25, 0.3) is 5.91 Å². The van der Waals surface area contributed by atoms with Crippen molar-refractivity contribution in [3.63, 3.8) is 0 Å². The fraction of sp³-hybridized carbons (Fsp3) is 0.300. The van der Waals surface area contributed by atoms with Crippen LogP contribution < -0.4 is 5.56 Å². The minimum absolute atomic E-state index is 0.0985. The number of aryl methyl sites for hydroxylation is 1. The quantitative estimate of drug-likeness (QED) is 0.742. The first-order chi connectivity index (χ1) is 12.5. The molecule has 5 nitrogen and oxygen atoms in total. The maximum absolute atomic E-state index is 13.4. The number of carbonyl (C=O) groups excluding carboxylic acids is 1. The van der Waals surface area contributed by atoms with E-state index in [-0.39, 0.29) is 17.3 Å². The van der Waals surface area contributed by atoms with Gasteiger partial charge in [0.15, 0.2) is 0 Å². The third kappa shape index (κ3) is 3.03. The summed E-state index contributed by atoms with van der Waals surface area (Å²) in [6.07, 6.45) is 3.64. The SMILES string of the molecule is Cc1cc(C(=O)N2CCC(c3c[nH]c4cc(F)ccc34)CC2)cc(=O)[nH]1. The van der Waals surface area contributed by atoms with E-state index in [1.54, 1.807) is 17.9 Å². The molecule has 2 aromatic heterocycles. The second-order valence-electron chi connectivity index (χ2n) is 6.92. The molecular weight excluding hydrogens is 333 g/mol. The summed E-state index contributed by atoms with van der Waals surface area (Å²) in [5, 5.41) is 1.04. The van der Waals surface area contributed by atoms with E-state index in [2.05, 4.69) is 9.97 Å². The number of nitrogens with one attached hydrogen (secondary N) is 2. The minimum atomic E-state index is -0.255. The number of aromatic nitrogens is 2. The van der Waals surface area contributed by atoms with E-state index < -0.39 is 0 Å². The van der Waals surface area contributed by atoms with Crippen molar-refractivity contribution in [2.45, 2.75) is 25.7 Å². The Labute approximate surface area is 149 Å². The lowest BCUT2D eigenvalue weighted by molar-refractivity contribution is 0.0713. The molecule has 134 valence electrons. The lowest BCUT2D eigenvalue weighted by Crippen LogP contribution is -2.38. The monoisotopic (exact) mass is 353 g/mol. The third-order valence-corrected chi connectivity index (χ3v) is 5.12. The fourth-order valence-electron chi connectivity index (χ4n) is 3.84. The molecule has 0 radical (unpaired) electrons. The number of piperidine rings is 1. The summed E-state index contributed by atoms with van der Waals surface area (Å²) in [6.45, 7) is 3.05. The van der Waals surface area contributed by atoms with Crippen LogP contribution in [0.3, 0.4) is 0 Å². The number of likely N-dealkylation sites (tertiary alicyclic amines) is 1. The van der Waals surface area contributed by atoms with Crippen LogP contribution in [0.2, 0.25) is 0 Å². The van der Waals surface area contributed by atoms with E-state index in [9.17, 15) is 14.0 Å². The lowest BCUT2D eigenvalue weighted by Gasteiger charge is -2.32. The molecule has 4 rings (SSSR count). The van der Waals surface area contributed by atoms with Gasteiger partial charge in [-0.2, -0.15) is 0 Å². The summed E-state index contributed by atoms with van der Waals surface area (Å²) in [6, 6.07) is 7.87. The number of H-pyrrole nitrogens is 2. The number of aromatic amines is 2. The second kappa shape index (κ2) is 6.44. The molecule has 6 heteroatoms. The minimum Gasteiger partial charge on any atom is -0.361 e. The highest BCUT2D eigenvalue weighted by Crippen LogP contribution is 2.33. The standard InChI is InChI=1S/C20H20FN3O2/c1-12-8-14(9-19(25)23-12)20(26)24-6-4-13(5-7-24)17-11-22-18-10-15(21)2-3-16(17)18/h2-3,8-11,13,22H,4-7H2,1H3,(H,23,25). The first-order valence-electron chi connectivity index (χ1n) is 8.78. The number of fused-ring (bicyclic) bond motifs is 1. The zero-order valence-electron chi connectivity index (χ0n) is 14.5. The Balaban J connectivity index is 1.50. The van der Waals surface area contributed by atoms with Gasteiger partial charge in [-0.25, -0.2) is 4.39 Å². The lowest BCUT2D eigenvalue weighted by atomic mass is 9.89. The van der Waals surface area contributed by atoms with Crippen molar-refractivity contribution in [3.05, 3.63) is 69.5 Å². The van der Waals surface area contributed by atoms with Crippen LogP contribution in [0.5, 0.6) is 0 Å². The molecule has 1 amide bonds. The smallest absolute Gasteiger partial charge is 0.254 e. The van der Waals surface area contributed by atoms with Crippen LogP contribution >= 0.6 is 0 Å². The highest BCUT2D eigenvalue weighted by atomic mass is 19.1. The molecule has 1 saturated heterocycles. The number of pyridine rings is 1. The van der Waals surface area contributed by atoms with Crippen molar-refractivity contribution in [3.8, 4) is 0 Å². The van der Waals surface area contributed by atoms with Crippen molar-refractivity contribution < 1.29 is 9.18 Å². The van der Waals surface area contributed by atoms with E-state index in [0.29, 0.717) is 30.3 Å². The maximum Gasteiger partial charge on any atom is 0.254 e. The van der Waals surface area contributed by atoms with Crippen molar-refractivity contribution in [1.29, 1.82) is 0 Å². The number of benzene rings is 1. The van der Waals surface area contributed by atoms with E-state index in [0.717, 1.165) is 23.7 Å². The van der Waals surface area contributed by atoms with Crippen LogP contribution in [0.4, 0.5) is 4.39 Å². The van der Waals surface area contributed by atoms with Gasteiger partial charge in [-0.1, -0.05) is 0 Å². The molecule has 0 aliphatic carbocycles. The van der Waals surface area contributed by atoms with Crippen molar-refractivity contribution in [2.75, 3.05) is 13.1 Å². The molecule has 0 atom stereocenters. The molecule has 0 bridgehead atoms. The number of hydrogen-bond donors (Lipinski definition) is 2. The number of rotatable bonds is 2. The zero-order valence-corrected chi connectivity index (χ0v) is 14.5. The second-order valence-corrected chi connectivity index (χ2v) is 6.92. The summed E-state index contributed by atoms with van der Waals surface area (Å²) in [4.78, 5) is 31.9. The predicted molar refractivity (Wildman–Crippen MR) is 97.9 cm³/mol. The normalized spacial score (nSPS) is 15.5. The Hall–Kier alpha value is -2.89. The largest absolute Gasteiger partial charge is 0.361 e. The Morgan fingerprint density at radius 2 is 1.96 bits per heavy atom. The van der Waals surface area contributed by atoms with Gasteiger partial charge in [-0.05, 0) is 55.5 Å². The molecule has 1 aliphatic rings. The number of nitrogens with zero attached hydrogens (tertiary/aromatic N) is 1. The van der Waals surface area contributed by atoms with Crippen LogP contribution in [0, 0.1) is 12.7 Å². The van der Waals surface area contributed by atoms with Crippen LogP contribution in [0.15, 0.2) is 41.3 Å². The van der Waals surface area contributed by atoms with E-state index >= 15 is 0 Å². The fourth-order valence-corrected chi connectivity index (χ4v) is 3.84. The molecule has 1 aromatic carbocycles. The van der Waals surface area contributed by atoms with Crippen LogP contribution in [0.1, 0.15) is 40.4 Å². The van der Waals surface area contributed by atoms with E-state index in [1.807, 2.05) is 12.3 Å². The maximum atomic E-state index is 13.4. The van der Waals surface area contributed by atoms with Crippen molar-refractivity contribution in [1.82, 2.24) is 14.9 Å². The molecular formula is C20H20FN3O2. The number of amides is 1.